The number of carbonyl (C=O) groups excluding carboxylic acids is 2. The van der Waals surface area contributed by atoms with E-state index >= 15 is 0 Å². The zero-order chi connectivity index (χ0) is 24.7. The number of nitrogens with one attached hydrogen (secondary N) is 1. The van der Waals surface area contributed by atoms with Gasteiger partial charge >= 0.3 is 5.97 Å². The molecule has 0 aliphatic carbocycles. The molecule has 9 nitrogen and oxygen atoms in total. The van der Waals surface area contributed by atoms with Gasteiger partial charge in [0.25, 0.3) is 5.91 Å². The summed E-state index contributed by atoms with van der Waals surface area (Å²) in [6.45, 7) is 0. The highest BCUT2D eigenvalue weighted by Gasteiger charge is 2.20. The highest BCUT2D eigenvalue weighted by atomic mass is 79.9. The minimum Gasteiger partial charge on any atom is -0.493 e. The Hall–Kier alpha value is -3.44. The molecule has 0 spiro atoms. The first-order chi connectivity index (χ1) is 16.4. The fourth-order valence-corrected chi connectivity index (χ4v) is 4.20. The molecule has 0 unspecified atom stereocenters. The Morgan fingerprint density at radius 3 is 2.26 bits per heavy atom. The number of hydrogen-bond donors (Lipinski definition) is 1. The summed E-state index contributed by atoms with van der Waals surface area (Å²) < 4.78 is 22.7. The Morgan fingerprint density at radius 1 is 0.971 bits per heavy atom. The molecule has 0 saturated carbocycles. The second-order valence-corrected chi connectivity index (χ2v) is 8.32. The first-order valence-electron chi connectivity index (χ1n) is 9.62. The van der Waals surface area contributed by atoms with Gasteiger partial charge in [-0.2, -0.15) is 5.10 Å². The number of nitrogens with zero attached hydrogens (tertiary/aromatic N) is 2. The van der Waals surface area contributed by atoms with Crippen LogP contribution >= 0.6 is 31.9 Å². The molecule has 1 heterocycles. The summed E-state index contributed by atoms with van der Waals surface area (Å²) in [5.41, 5.74) is 3.37. The number of aromatic nitrogens is 1. The van der Waals surface area contributed by atoms with Crippen LogP contribution < -0.4 is 24.4 Å². The van der Waals surface area contributed by atoms with E-state index in [1.807, 2.05) is 0 Å². The van der Waals surface area contributed by atoms with Crippen LogP contribution in [-0.2, 0) is 0 Å². The molecule has 0 bridgehead atoms. The molecule has 0 fully saturated rings. The van der Waals surface area contributed by atoms with Crippen LogP contribution in [0.25, 0.3) is 0 Å². The number of amides is 1. The van der Waals surface area contributed by atoms with E-state index in [9.17, 15) is 9.59 Å². The van der Waals surface area contributed by atoms with E-state index in [-0.39, 0.29) is 11.3 Å². The SMILES string of the molecule is COc1cc(C(=O)Oc2c(Br)cc(Br)cc2/C=N\NC(=O)c2cccnc2)cc(OC)c1OC. The topological polar surface area (TPSA) is 108 Å². The summed E-state index contributed by atoms with van der Waals surface area (Å²) in [6, 6.07) is 9.62. The summed E-state index contributed by atoms with van der Waals surface area (Å²) in [7, 11) is 4.37. The number of ether oxygens (including phenoxy) is 4. The summed E-state index contributed by atoms with van der Waals surface area (Å²) in [4.78, 5) is 29.1. The minimum atomic E-state index is -0.670. The molecule has 0 radical (unpaired) electrons. The average Bonchev–Trinajstić information content (AvgIpc) is 2.85. The van der Waals surface area contributed by atoms with Crippen LogP contribution in [0.2, 0.25) is 0 Å². The number of hydrazone groups is 1. The van der Waals surface area contributed by atoms with E-state index in [1.54, 1.807) is 30.5 Å². The highest BCUT2D eigenvalue weighted by Crippen LogP contribution is 2.39. The summed E-state index contributed by atoms with van der Waals surface area (Å²) in [5.74, 6) is 0.0581. The fraction of sp³-hybridized carbons (Fsp3) is 0.130. The predicted molar refractivity (Wildman–Crippen MR) is 132 cm³/mol. The predicted octanol–water partition coefficient (Wildman–Crippen LogP) is 4.62. The lowest BCUT2D eigenvalue weighted by atomic mass is 10.1. The maximum atomic E-state index is 13.0. The second kappa shape index (κ2) is 11.6. The van der Waals surface area contributed by atoms with Gasteiger partial charge in [-0.3, -0.25) is 9.78 Å². The van der Waals surface area contributed by atoms with Crippen molar-refractivity contribution in [3.8, 4) is 23.0 Å². The third-order valence-electron chi connectivity index (χ3n) is 4.43. The van der Waals surface area contributed by atoms with Crippen molar-refractivity contribution in [1.29, 1.82) is 0 Å². The van der Waals surface area contributed by atoms with Crippen molar-refractivity contribution in [3.05, 3.63) is 74.4 Å². The number of carbonyl (C=O) groups is 2. The molecular formula is C23H19Br2N3O6. The summed E-state index contributed by atoms with van der Waals surface area (Å²) >= 11 is 6.80. The first kappa shape index (κ1) is 25.2. The van der Waals surface area contributed by atoms with Crippen molar-refractivity contribution in [3.63, 3.8) is 0 Å². The molecule has 1 amide bonds. The van der Waals surface area contributed by atoms with Gasteiger partial charge in [0.2, 0.25) is 5.75 Å². The summed E-state index contributed by atoms with van der Waals surface area (Å²) in [5, 5.41) is 3.98. The van der Waals surface area contributed by atoms with Crippen molar-refractivity contribution in [1.82, 2.24) is 10.4 Å². The quantitative estimate of drug-likeness (QED) is 0.176. The maximum absolute atomic E-state index is 13.0. The molecule has 3 rings (SSSR count). The van der Waals surface area contributed by atoms with E-state index in [1.165, 1.54) is 45.9 Å². The van der Waals surface area contributed by atoms with Gasteiger partial charge < -0.3 is 18.9 Å². The minimum absolute atomic E-state index is 0.178. The van der Waals surface area contributed by atoms with E-state index in [0.29, 0.717) is 37.3 Å². The number of benzene rings is 2. The van der Waals surface area contributed by atoms with Crippen molar-refractivity contribution in [2.24, 2.45) is 5.10 Å². The number of halogens is 2. The van der Waals surface area contributed by atoms with Crippen LogP contribution in [0.15, 0.2) is 62.8 Å². The number of hydrogen-bond acceptors (Lipinski definition) is 8. The maximum Gasteiger partial charge on any atom is 0.343 e. The van der Waals surface area contributed by atoms with Gasteiger partial charge in [-0.05, 0) is 52.3 Å². The van der Waals surface area contributed by atoms with Crippen molar-refractivity contribution in [2.75, 3.05) is 21.3 Å². The molecule has 176 valence electrons. The normalized spacial score (nSPS) is 10.6. The lowest BCUT2D eigenvalue weighted by Gasteiger charge is -2.15. The first-order valence-corrected chi connectivity index (χ1v) is 11.2. The second-order valence-electron chi connectivity index (χ2n) is 6.55. The van der Waals surface area contributed by atoms with Crippen LogP contribution in [-0.4, -0.2) is 44.4 Å². The van der Waals surface area contributed by atoms with Gasteiger partial charge in [-0.25, -0.2) is 10.2 Å². The number of esters is 1. The Labute approximate surface area is 212 Å². The Kier molecular flexibility index (Phi) is 8.61. The highest BCUT2D eigenvalue weighted by molar-refractivity contribution is 9.11. The summed E-state index contributed by atoms with van der Waals surface area (Å²) in [6.07, 6.45) is 4.35. The third kappa shape index (κ3) is 5.91. The largest absolute Gasteiger partial charge is 0.493 e. The molecule has 0 atom stereocenters. The fourth-order valence-electron chi connectivity index (χ4n) is 2.86. The van der Waals surface area contributed by atoms with Crippen LogP contribution in [0.5, 0.6) is 23.0 Å². The molecular weight excluding hydrogens is 574 g/mol. The lowest BCUT2D eigenvalue weighted by Crippen LogP contribution is -2.18. The molecule has 11 heteroatoms. The van der Waals surface area contributed by atoms with Crippen LogP contribution in [0, 0.1) is 0 Å². The van der Waals surface area contributed by atoms with Crippen molar-refractivity contribution >= 4 is 50.0 Å². The van der Waals surface area contributed by atoms with E-state index in [2.05, 4.69) is 47.4 Å². The van der Waals surface area contributed by atoms with E-state index in [4.69, 9.17) is 18.9 Å². The number of methoxy groups -OCH3 is 3. The number of pyridine rings is 1. The van der Waals surface area contributed by atoms with Crippen molar-refractivity contribution in [2.45, 2.75) is 0 Å². The monoisotopic (exact) mass is 591 g/mol. The van der Waals surface area contributed by atoms with Gasteiger partial charge in [-0.15, -0.1) is 0 Å². The van der Waals surface area contributed by atoms with Gasteiger partial charge in [-0.1, -0.05) is 15.9 Å². The smallest absolute Gasteiger partial charge is 0.343 e. The Bertz CT molecular complexity index is 1210. The lowest BCUT2D eigenvalue weighted by molar-refractivity contribution is 0.0732. The molecule has 1 aromatic heterocycles. The molecule has 0 aliphatic rings. The zero-order valence-electron chi connectivity index (χ0n) is 18.3. The number of rotatable bonds is 8. The zero-order valence-corrected chi connectivity index (χ0v) is 21.5. The standard InChI is InChI=1S/C23H19Br2N3O6/c1-31-18-8-14(9-19(32-2)21(18)33-3)23(30)34-20-15(7-16(24)10-17(20)25)12-27-28-22(29)13-5-4-6-26-11-13/h4-12H,1-3H3,(H,28,29)/b27-12-. The van der Waals surface area contributed by atoms with Gasteiger partial charge in [0.15, 0.2) is 17.2 Å². The molecule has 3 aromatic rings. The van der Waals surface area contributed by atoms with Crippen molar-refractivity contribution < 1.29 is 28.5 Å². The van der Waals surface area contributed by atoms with Crippen LogP contribution in [0.4, 0.5) is 0 Å². The molecule has 0 saturated heterocycles. The van der Waals surface area contributed by atoms with Crippen LogP contribution in [0.1, 0.15) is 26.3 Å². The van der Waals surface area contributed by atoms with E-state index in [0.717, 1.165) is 0 Å². The Balaban J connectivity index is 1.88. The molecule has 1 N–H and O–H groups in total. The third-order valence-corrected chi connectivity index (χ3v) is 5.47. The van der Waals surface area contributed by atoms with Crippen LogP contribution in [0.3, 0.4) is 0 Å². The van der Waals surface area contributed by atoms with Gasteiger partial charge in [0, 0.05) is 22.4 Å². The van der Waals surface area contributed by atoms with Gasteiger partial charge in [0.05, 0.1) is 43.1 Å². The molecule has 0 aliphatic heterocycles. The van der Waals surface area contributed by atoms with E-state index < -0.39 is 11.9 Å². The molecule has 34 heavy (non-hydrogen) atoms. The molecule has 2 aromatic carbocycles. The van der Waals surface area contributed by atoms with Gasteiger partial charge in [0.1, 0.15) is 0 Å². The Morgan fingerprint density at radius 2 is 1.68 bits per heavy atom. The average molecular weight is 593 g/mol.